The van der Waals surface area contributed by atoms with Crippen molar-refractivity contribution in [3.05, 3.63) is 47.3 Å². The fourth-order valence-corrected chi connectivity index (χ4v) is 2.29. The molecule has 3 heteroatoms. The monoisotopic (exact) mass is 229 g/mol. The highest BCUT2D eigenvalue weighted by Gasteiger charge is 2.40. The second-order valence-electron chi connectivity index (χ2n) is 4.38. The lowest BCUT2D eigenvalue weighted by Crippen LogP contribution is -2.45. The molecule has 1 heterocycles. The first-order valence-electron chi connectivity index (χ1n) is 5.81. The van der Waals surface area contributed by atoms with E-state index in [1.54, 1.807) is 6.34 Å². The van der Waals surface area contributed by atoms with Crippen LogP contribution in [0, 0.1) is 0 Å². The predicted octanol–water partition coefficient (Wildman–Crippen LogP) is 2.96. The van der Waals surface area contributed by atoms with Crippen molar-refractivity contribution in [2.24, 2.45) is 4.99 Å². The Morgan fingerprint density at radius 1 is 1.29 bits per heavy atom. The number of rotatable bonds is 2. The van der Waals surface area contributed by atoms with Crippen molar-refractivity contribution >= 4 is 12.2 Å². The summed E-state index contributed by atoms with van der Waals surface area (Å²) < 4.78 is 0.173. The SMILES string of the molecule is CCC1=C(C)N=C[N+]1(C)C(=O)c1ccccc1. The normalized spacial score (nSPS) is 23.2. The number of quaternary nitrogens is 1. The second kappa shape index (κ2) is 4.26. The van der Waals surface area contributed by atoms with Crippen LogP contribution in [-0.4, -0.2) is 23.8 Å². The topological polar surface area (TPSA) is 29.4 Å². The van der Waals surface area contributed by atoms with E-state index in [-0.39, 0.29) is 10.4 Å². The summed E-state index contributed by atoms with van der Waals surface area (Å²) >= 11 is 0. The summed E-state index contributed by atoms with van der Waals surface area (Å²) in [7, 11) is 1.90. The van der Waals surface area contributed by atoms with Crippen LogP contribution < -0.4 is 0 Å². The molecule has 2 rings (SSSR count). The van der Waals surface area contributed by atoms with Gasteiger partial charge in [0, 0.05) is 6.42 Å². The first-order valence-corrected chi connectivity index (χ1v) is 5.81. The van der Waals surface area contributed by atoms with Gasteiger partial charge >= 0.3 is 5.91 Å². The molecule has 88 valence electrons. The van der Waals surface area contributed by atoms with Gasteiger partial charge in [-0.25, -0.2) is 9.79 Å². The van der Waals surface area contributed by atoms with Crippen LogP contribution in [0.4, 0.5) is 0 Å². The molecule has 0 N–H and O–H groups in total. The van der Waals surface area contributed by atoms with E-state index in [4.69, 9.17) is 0 Å². The van der Waals surface area contributed by atoms with Crippen LogP contribution in [0.15, 0.2) is 46.7 Å². The minimum absolute atomic E-state index is 0.0723. The zero-order valence-corrected chi connectivity index (χ0v) is 10.5. The van der Waals surface area contributed by atoms with Gasteiger partial charge < -0.3 is 0 Å². The average molecular weight is 229 g/mol. The van der Waals surface area contributed by atoms with Crippen LogP contribution in [0.1, 0.15) is 30.6 Å². The number of hydrogen-bond donors (Lipinski definition) is 0. The molecule has 3 nitrogen and oxygen atoms in total. The van der Waals surface area contributed by atoms with Gasteiger partial charge in [-0.05, 0) is 19.1 Å². The van der Waals surface area contributed by atoms with Crippen molar-refractivity contribution in [3.8, 4) is 0 Å². The molecule has 1 aliphatic heterocycles. The predicted molar refractivity (Wildman–Crippen MR) is 68.4 cm³/mol. The minimum Gasteiger partial charge on any atom is -0.225 e. The number of carbonyl (C=O) groups is 1. The van der Waals surface area contributed by atoms with Gasteiger partial charge in [-0.3, -0.25) is 0 Å². The van der Waals surface area contributed by atoms with E-state index in [2.05, 4.69) is 11.9 Å². The third kappa shape index (κ3) is 1.83. The summed E-state index contributed by atoms with van der Waals surface area (Å²) in [4.78, 5) is 16.8. The summed E-state index contributed by atoms with van der Waals surface area (Å²) in [6, 6.07) is 9.38. The maximum Gasteiger partial charge on any atom is 0.356 e. The van der Waals surface area contributed by atoms with Crippen molar-refractivity contribution < 1.29 is 9.28 Å². The molecule has 0 saturated carbocycles. The molecule has 0 radical (unpaired) electrons. The van der Waals surface area contributed by atoms with Gasteiger partial charge in [0.15, 0.2) is 0 Å². The van der Waals surface area contributed by atoms with Gasteiger partial charge in [0.25, 0.3) is 0 Å². The highest BCUT2D eigenvalue weighted by molar-refractivity contribution is 5.94. The van der Waals surface area contributed by atoms with Gasteiger partial charge in [-0.2, -0.15) is 4.48 Å². The lowest BCUT2D eigenvalue weighted by atomic mass is 10.1. The number of carbonyl (C=O) groups excluding carboxylic acids is 1. The molecule has 1 aromatic carbocycles. The summed E-state index contributed by atoms with van der Waals surface area (Å²) in [6.45, 7) is 4.01. The first-order chi connectivity index (χ1) is 8.09. The molecule has 0 aromatic heterocycles. The number of allylic oxidation sites excluding steroid dienone is 2. The molecule has 1 amide bonds. The lowest BCUT2D eigenvalue weighted by molar-refractivity contribution is -0.682. The van der Waals surface area contributed by atoms with E-state index in [0.29, 0.717) is 0 Å². The lowest BCUT2D eigenvalue weighted by Gasteiger charge is -2.24. The van der Waals surface area contributed by atoms with Crippen molar-refractivity contribution in [2.75, 3.05) is 7.05 Å². The molecule has 0 saturated heterocycles. The van der Waals surface area contributed by atoms with E-state index >= 15 is 0 Å². The standard InChI is InChI=1S/C14H17N2O/c1-4-13-11(2)15-10-16(13,3)14(17)12-8-6-5-7-9-12/h5-10H,4H2,1-3H3/q+1. The zero-order valence-electron chi connectivity index (χ0n) is 10.5. The first kappa shape index (κ1) is 11.7. The number of benzene rings is 1. The van der Waals surface area contributed by atoms with Gasteiger partial charge in [0.1, 0.15) is 11.4 Å². The third-order valence-corrected chi connectivity index (χ3v) is 3.24. The van der Waals surface area contributed by atoms with Gasteiger partial charge in [0.2, 0.25) is 6.34 Å². The maximum atomic E-state index is 12.5. The summed E-state index contributed by atoms with van der Waals surface area (Å²) in [5.41, 5.74) is 2.75. The zero-order chi connectivity index (χ0) is 12.5. The molecule has 17 heavy (non-hydrogen) atoms. The molecule has 1 unspecified atom stereocenters. The summed E-state index contributed by atoms with van der Waals surface area (Å²) in [6.07, 6.45) is 2.56. The summed E-state index contributed by atoms with van der Waals surface area (Å²) in [5.74, 6) is 0.0723. The smallest absolute Gasteiger partial charge is 0.225 e. The Hall–Kier alpha value is -1.74. The van der Waals surface area contributed by atoms with Gasteiger partial charge in [-0.1, -0.05) is 25.1 Å². The largest absolute Gasteiger partial charge is 0.356 e. The molecule has 1 aromatic rings. The molecule has 1 atom stereocenters. The van der Waals surface area contributed by atoms with E-state index in [1.165, 1.54) is 0 Å². The van der Waals surface area contributed by atoms with Crippen LogP contribution in [0.5, 0.6) is 0 Å². The number of nitrogens with zero attached hydrogens (tertiary/aromatic N) is 2. The van der Waals surface area contributed by atoms with Crippen molar-refractivity contribution in [1.82, 2.24) is 0 Å². The Morgan fingerprint density at radius 2 is 1.94 bits per heavy atom. The highest BCUT2D eigenvalue weighted by Crippen LogP contribution is 2.28. The molecule has 0 fully saturated rings. The second-order valence-corrected chi connectivity index (χ2v) is 4.38. The molecule has 0 bridgehead atoms. The Balaban J connectivity index is 2.42. The van der Waals surface area contributed by atoms with E-state index in [1.807, 2.05) is 44.3 Å². The Kier molecular flexibility index (Phi) is 2.94. The summed E-state index contributed by atoms with van der Waals surface area (Å²) in [5, 5.41) is 0. The Labute approximate surface area is 102 Å². The molecular formula is C14H17N2O+. The minimum atomic E-state index is 0.0723. The van der Waals surface area contributed by atoms with Crippen molar-refractivity contribution in [3.63, 3.8) is 0 Å². The Morgan fingerprint density at radius 3 is 2.53 bits per heavy atom. The third-order valence-electron chi connectivity index (χ3n) is 3.24. The fraction of sp³-hybridized carbons (Fsp3) is 0.286. The van der Waals surface area contributed by atoms with Crippen molar-refractivity contribution in [2.45, 2.75) is 20.3 Å². The Bertz CT molecular complexity index is 502. The van der Waals surface area contributed by atoms with Crippen LogP contribution >= 0.6 is 0 Å². The van der Waals surface area contributed by atoms with Crippen LogP contribution in [0.3, 0.4) is 0 Å². The molecule has 0 aliphatic carbocycles. The van der Waals surface area contributed by atoms with Crippen molar-refractivity contribution in [1.29, 1.82) is 0 Å². The van der Waals surface area contributed by atoms with Crippen LogP contribution in [0.2, 0.25) is 0 Å². The van der Waals surface area contributed by atoms with E-state index in [0.717, 1.165) is 23.4 Å². The quantitative estimate of drug-likeness (QED) is 0.717. The molecule has 0 spiro atoms. The van der Waals surface area contributed by atoms with Crippen LogP contribution in [-0.2, 0) is 0 Å². The number of hydrogen-bond acceptors (Lipinski definition) is 2. The highest BCUT2D eigenvalue weighted by atomic mass is 16.2. The number of amides is 1. The average Bonchev–Trinajstić information content (AvgIpc) is 2.66. The van der Waals surface area contributed by atoms with Crippen LogP contribution in [0.25, 0.3) is 0 Å². The fourth-order valence-electron chi connectivity index (χ4n) is 2.29. The molecule has 1 aliphatic rings. The van der Waals surface area contributed by atoms with E-state index < -0.39 is 0 Å². The van der Waals surface area contributed by atoms with Gasteiger partial charge in [0.05, 0.1) is 12.6 Å². The molecular weight excluding hydrogens is 212 g/mol. The number of aliphatic imine (C=N–C) groups is 1. The maximum absolute atomic E-state index is 12.5. The van der Waals surface area contributed by atoms with E-state index in [9.17, 15) is 4.79 Å². The van der Waals surface area contributed by atoms with Gasteiger partial charge in [-0.15, -0.1) is 0 Å².